The van der Waals surface area contributed by atoms with Crippen LogP contribution in [-0.4, -0.2) is 5.54 Å². The molecule has 0 aromatic carbocycles. The topological polar surface area (TPSA) is 12.0 Å². The Hall–Kier alpha value is -0.980. The van der Waals surface area contributed by atoms with Crippen LogP contribution in [0.25, 0.3) is 0 Å². The maximum Gasteiger partial charge on any atom is 0.0340 e. The zero-order chi connectivity index (χ0) is 12.0. The van der Waals surface area contributed by atoms with E-state index in [2.05, 4.69) is 48.8 Å². The zero-order valence-corrected chi connectivity index (χ0v) is 11.0. The molecule has 1 nitrogen and oxygen atoms in total. The lowest BCUT2D eigenvalue weighted by Crippen LogP contribution is -2.38. The second kappa shape index (κ2) is 6.09. The molecule has 0 saturated heterocycles. The van der Waals surface area contributed by atoms with Crippen LogP contribution in [0.1, 0.15) is 51.9 Å². The van der Waals surface area contributed by atoms with Gasteiger partial charge in [-0.25, -0.2) is 0 Å². The minimum atomic E-state index is 0.335. The van der Waals surface area contributed by atoms with Crippen LogP contribution in [-0.2, 0) is 0 Å². The van der Waals surface area contributed by atoms with Crippen molar-refractivity contribution >= 4 is 0 Å². The molecule has 17 heavy (non-hydrogen) atoms. The molecule has 0 fully saturated rings. The van der Waals surface area contributed by atoms with Gasteiger partial charge in [0.1, 0.15) is 0 Å². The standard InChI is InChI=1S/C16H25N/c1-16(12-6-3-7-14-17-16)13-8-11-15-9-4-2-5-10-15/h2,4-5,7,9,14-15,17H,3,6,8,10-13H2,1H3. The maximum absolute atomic E-state index is 3.58. The lowest BCUT2D eigenvalue weighted by atomic mass is 9.87. The van der Waals surface area contributed by atoms with E-state index in [1.54, 1.807) is 0 Å². The summed E-state index contributed by atoms with van der Waals surface area (Å²) in [6.45, 7) is 2.37. The fraction of sp³-hybridized carbons (Fsp3) is 0.625. The minimum absolute atomic E-state index is 0.335. The largest absolute Gasteiger partial charge is 0.386 e. The molecule has 1 N–H and O–H groups in total. The summed E-state index contributed by atoms with van der Waals surface area (Å²) in [4.78, 5) is 0. The summed E-state index contributed by atoms with van der Waals surface area (Å²) in [5.74, 6) is 0.782. The summed E-state index contributed by atoms with van der Waals surface area (Å²) in [5, 5.41) is 3.58. The van der Waals surface area contributed by atoms with E-state index in [4.69, 9.17) is 0 Å². The number of hydrogen-bond acceptors (Lipinski definition) is 1. The Balaban J connectivity index is 1.71. The van der Waals surface area contributed by atoms with Crippen LogP contribution in [0.3, 0.4) is 0 Å². The second-order valence-corrected chi connectivity index (χ2v) is 5.70. The predicted octanol–water partition coefficient (Wildman–Crippen LogP) is 4.33. The molecule has 2 aliphatic rings. The van der Waals surface area contributed by atoms with Gasteiger partial charge < -0.3 is 5.32 Å². The molecule has 2 rings (SSSR count). The summed E-state index contributed by atoms with van der Waals surface area (Å²) < 4.78 is 0. The fourth-order valence-corrected chi connectivity index (χ4v) is 2.82. The number of rotatable bonds is 4. The van der Waals surface area contributed by atoms with Gasteiger partial charge >= 0.3 is 0 Å². The molecule has 0 amide bonds. The van der Waals surface area contributed by atoms with Crippen LogP contribution in [0.15, 0.2) is 36.6 Å². The molecule has 0 bridgehead atoms. The van der Waals surface area contributed by atoms with Gasteiger partial charge in [0.15, 0.2) is 0 Å². The Morgan fingerprint density at radius 3 is 3.06 bits per heavy atom. The smallest absolute Gasteiger partial charge is 0.0340 e. The van der Waals surface area contributed by atoms with Crippen LogP contribution in [0.4, 0.5) is 0 Å². The third-order valence-corrected chi connectivity index (χ3v) is 4.02. The van der Waals surface area contributed by atoms with E-state index in [-0.39, 0.29) is 0 Å². The molecule has 1 aliphatic carbocycles. The first-order valence-corrected chi connectivity index (χ1v) is 7.05. The van der Waals surface area contributed by atoms with Gasteiger partial charge in [-0.3, -0.25) is 0 Å². The van der Waals surface area contributed by atoms with Crippen LogP contribution in [0.5, 0.6) is 0 Å². The Kier molecular flexibility index (Phi) is 4.47. The van der Waals surface area contributed by atoms with Gasteiger partial charge in [0.25, 0.3) is 0 Å². The van der Waals surface area contributed by atoms with E-state index in [9.17, 15) is 0 Å². The SMILES string of the molecule is CC1(CCCC2C=CC=CC2)CCCC=CN1. The lowest BCUT2D eigenvalue weighted by Gasteiger charge is -2.30. The predicted molar refractivity (Wildman–Crippen MR) is 74.8 cm³/mol. The van der Waals surface area contributed by atoms with Gasteiger partial charge in [0.05, 0.1) is 0 Å². The average Bonchev–Trinajstić information content (AvgIpc) is 2.56. The highest BCUT2D eigenvalue weighted by atomic mass is 14.9. The lowest BCUT2D eigenvalue weighted by molar-refractivity contribution is 0.325. The highest BCUT2D eigenvalue weighted by molar-refractivity contribution is 5.10. The van der Waals surface area contributed by atoms with E-state index in [0.717, 1.165) is 5.92 Å². The molecule has 0 saturated carbocycles. The summed E-state index contributed by atoms with van der Waals surface area (Å²) >= 11 is 0. The Morgan fingerprint density at radius 2 is 2.24 bits per heavy atom. The van der Waals surface area contributed by atoms with E-state index < -0.39 is 0 Å². The molecule has 0 aromatic heterocycles. The Labute approximate surface area is 106 Å². The monoisotopic (exact) mass is 231 g/mol. The van der Waals surface area contributed by atoms with Gasteiger partial charge in [0, 0.05) is 5.54 Å². The first kappa shape index (κ1) is 12.5. The van der Waals surface area contributed by atoms with Gasteiger partial charge in [0.2, 0.25) is 0 Å². The molecule has 0 spiro atoms. The minimum Gasteiger partial charge on any atom is -0.386 e. The highest BCUT2D eigenvalue weighted by Gasteiger charge is 2.22. The van der Waals surface area contributed by atoms with Crippen LogP contribution in [0, 0.1) is 5.92 Å². The van der Waals surface area contributed by atoms with Crippen molar-refractivity contribution < 1.29 is 0 Å². The average molecular weight is 231 g/mol. The molecule has 94 valence electrons. The molecule has 1 heterocycles. The normalized spacial score (nSPS) is 32.2. The van der Waals surface area contributed by atoms with Crippen molar-refractivity contribution in [2.24, 2.45) is 5.92 Å². The van der Waals surface area contributed by atoms with E-state index in [0.29, 0.717) is 5.54 Å². The molecule has 0 radical (unpaired) electrons. The van der Waals surface area contributed by atoms with Crippen LogP contribution >= 0.6 is 0 Å². The summed E-state index contributed by atoms with van der Waals surface area (Å²) in [5.41, 5.74) is 0.335. The van der Waals surface area contributed by atoms with E-state index >= 15 is 0 Å². The third kappa shape index (κ3) is 4.07. The number of allylic oxidation sites excluding steroid dienone is 5. The van der Waals surface area contributed by atoms with Gasteiger partial charge in [-0.15, -0.1) is 0 Å². The number of hydrogen-bond donors (Lipinski definition) is 1. The van der Waals surface area contributed by atoms with Crippen molar-refractivity contribution in [1.29, 1.82) is 0 Å². The summed E-state index contributed by atoms with van der Waals surface area (Å²) in [6.07, 6.45) is 22.5. The molecule has 2 atom stereocenters. The molecule has 2 unspecified atom stereocenters. The van der Waals surface area contributed by atoms with Gasteiger partial charge in [-0.2, -0.15) is 0 Å². The fourth-order valence-electron chi connectivity index (χ4n) is 2.82. The quantitative estimate of drug-likeness (QED) is 0.759. The number of nitrogens with one attached hydrogen (secondary N) is 1. The van der Waals surface area contributed by atoms with Crippen molar-refractivity contribution in [2.75, 3.05) is 0 Å². The molecule has 0 aromatic rings. The summed E-state index contributed by atoms with van der Waals surface area (Å²) in [7, 11) is 0. The van der Waals surface area contributed by atoms with E-state index in [1.807, 2.05) is 0 Å². The van der Waals surface area contributed by atoms with Crippen LogP contribution in [0.2, 0.25) is 0 Å². The summed E-state index contributed by atoms with van der Waals surface area (Å²) in [6, 6.07) is 0. The van der Waals surface area contributed by atoms with Crippen molar-refractivity contribution in [3.63, 3.8) is 0 Å². The molecular formula is C16H25N. The van der Waals surface area contributed by atoms with E-state index in [1.165, 1.54) is 44.9 Å². The van der Waals surface area contributed by atoms with Crippen molar-refractivity contribution in [3.05, 3.63) is 36.6 Å². The molecule has 1 heteroatoms. The highest BCUT2D eigenvalue weighted by Crippen LogP contribution is 2.26. The zero-order valence-electron chi connectivity index (χ0n) is 11.0. The first-order valence-electron chi connectivity index (χ1n) is 7.05. The van der Waals surface area contributed by atoms with Gasteiger partial charge in [-0.1, -0.05) is 36.8 Å². The second-order valence-electron chi connectivity index (χ2n) is 5.70. The van der Waals surface area contributed by atoms with Crippen molar-refractivity contribution in [3.8, 4) is 0 Å². The maximum atomic E-state index is 3.58. The Bertz CT molecular complexity index is 313. The molecule has 1 aliphatic heterocycles. The first-order chi connectivity index (χ1) is 8.29. The van der Waals surface area contributed by atoms with Gasteiger partial charge in [-0.05, 0) is 57.6 Å². The van der Waals surface area contributed by atoms with Crippen molar-refractivity contribution in [1.82, 2.24) is 5.32 Å². The third-order valence-electron chi connectivity index (χ3n) is 4.02. The molecular weight excluding hydrogens is 206 g/mol. The van der Waals surface area contributed by atoms with Crippen molar-refractivity contribution in [2.45, 2.75) is 57.4 Å². The Morgan fingerprint density at radius 1 is 1.29 bits per heavy atom. The van der Waals surface area contributed by atoms with Crippen LogP contribution < -0.4 is 5.32 Å².